The Bertz CT molecular complexity index is 574. The fraction of sp³-hybridized carbons (Fsp3) is 0.250. The zero-order valence-corrected chi connectivity index (χ0v) is 12.7. The van der Waals surface area contributed by atoms with Crippen LogP contribution in [0, 0.1) is 0 Å². The zero-order valence-electron chi connectivity index (χ0n) is 11.2. The molecule has 0 aliphatic carbocycles. The molecular formula is C16H18ClNOS. The van der Waals surface area contributed by atoms with Crippen molar-refractivity contribution in [3.8, 4) is 0 Å². The molecule has 0 fully saturated rings. The summed E-state index contributed by atoms with van der Waals surface area (Å²) in [5.41, 5.74) is 7.66. The van der Waals surface area contributed by atoms with Gasteiger partial charge in [-0.2, -0.15) is 0 Å². The second kappa shape index (κ2) is 7.58. The quantitative estimate of drug-likeness (QED) is 0.884. The van der Waals surface area contributed by atoms with Crippen molar-refractivity contribution in [1.82, 2.24) is 0 Å². The average Bonchev–Trinajstić information content (AvgIpc) is 2.48. The van der Waals surface area contributed by atoms with Gasteiger partial charge >= 0.3 is 0 Å². The molecule has 2 rings (SSSR count). The van der Waals surface area contributed by atoms with Crippen LogP contribution in [0.5, 0.6) is 0 Å². The molecule has 2 aromatic carbocycles. The Morgan fingerprint density at radius 2 is 1.70 bits per heavy atom. The van der Waals surface area contributed by atoms with Crippen LogP contribution in [0.15, 0.2) is 54.6 Å². The van der Waals surface area contributed by atoms with E-state index in [1.807, 2.05) is 54.6 Å². The fourth-order valence-electron chi connectivity index (χ4n) is 2.14. The second-order valence-electron chi connectivity index (χ2n) is 4.59. The summed E-state index contributed by atoms with van der Waals surface area (Å²) in [5, 5.41) is 0.623. The SMILES string of the molecule is NCCC(c1ccccc1)S(=O)Cc1ccccc1Cl. The predicted octanol–water partition coefficient (Wildman–Crippen LogP) is 3.68. The lowest BCUT2D eigenvalue weighted by Gasteiger charge is -2.16. The van der Waals surface area contributed by atoms with Crippen LogP contribution in [0.2, 0.25) is 5.02 Å². The van der Waals surface area contributed by atoms with Crippen LogP contribution in [0.25, 0.3) is 0 Å². The molecule has 0 amide bonds. The fourth-order valence-corrected chi connectivity index (χ4v) is 4.04. The average molecular weight is 308 g/mol. The third kappa shape index (κ3) is 3.92. The highest BCUT2D eigenvalue weighted by Gasteiger charge is 2.19. The first-order valence-corrected chi connectivity index (χ1v) is 8.34. The van der Waals surface area contributed by atoms with Crippen molar-refractivity contribution >= 4 is 22.4 Å². The number of benzene rings is 2. The van der Waals surface area contributed by atoms with Crippen LogP contribution < -0.4 is 5.73 Å². The third-order valence-corrected chi connectivity index (χ3v) is 5.28. The molecule has 0 bridgehead atoms. The van der Waals surface area contributed by atoms with E-state index in [9.17, 15) is 4.21 Å². The molecule has 20 heavy (non-hydrogen) atoms. The Kier molecular flexibility index (Phi) is 5.77. The molecule has 2 N–H and O–H groups in total. The highest BCUT2D eigenvalue weighted by molar-refractivity contribution is 7.84. The molecule has 0 radical (unpaired) electrons. The van der Waals surface area contributed by atoms with Gasteiger partial charge in [-0.25, -0.2) is 0 Å². The molecule has 0 spiro atoms. The molecule has 2 aromatic rings. The number of hydrogen-bond acceptors (Lipinski definition) is 2. The summed E-state index contributed by atoms with van der Waals surface area (Å²) in [5.74, 6) is 0.458. The Morgan fingerprint density at radius 1 is 1.05 bits per heavy atom. The third-order valence-electron chi connectivity index (χ3n) is 3.17. The van der Waals surface area contributed by atoms with Gasteiger partial charge in [-0.1, -0.05) is 60.1 Å². The molecular weight excluding hydrogens is 290 g/mol. The van der Waals surface area contributed by atoms with Gasteiger partial charge in [0.25, 0.3) is 0 Å². The maximum Gasteiger partial charge on any atom is 0.0612 e. The van der Waals surface area contributed by atoms with Gasteiger partial charge < -0.3 is 5.73 Å². The molecule has 2 nitrogen and oxygen atoms in total. The first-order chi connectivity index (χ1) is 9.72. The second-order valence-corrected chi connectivity index (χ2v) is 6.62. The topological polar surface area (TPSA) is 43.1 Å². The van der Waals surface area contributed by atoms with E-state index in [0.29, 0.717) is 23.7 Å². The lowest BCUT2D eigenvalue weighted by molar-refractivity contribution is 0.663. The van der Waals surface area contributed by atoms with Crippen LogP contribution in [0.4, 0.5) is 0 Å². The monoisotopic (exact) mass is 307 g/mol. The van der Waals surface area contributed by atoms with Crippen LogP contribution >= 0.6 is 11.6 Å². The van der Waals surface area contributed by atoms with Gasteiger partial charge in [-0.05, 0) is 30.2 Å². The largest absolute Gasteiger partial charge is 0.330 e. The van der Waals surface area contributed by atoms with Gasteiger partial charge in [0.15, 0.2) is 0 Å². The van der Waals surface area contributed by atoms with Crippen molar-refractivity contribution in [3.63, 3.8) is 0 Å². The van der Waals surface area contributed by atoms with Crippen LogP contribution in [0.3, 0.4) is 0 Å². The normalized spacial score (nSPS) is 13.9. The Morgan fingerprint density at radius 3 is 2.35 bits per heavy atom. The number of halogens is 1. The first kappa shape index (κ1) is 15.2. The molecule has 2 unspecified atom stereocenters. The zero-order chi connectivity index (χ0) is 14.4. The molecule has 0 heterocycles. The number of hydrogen-bond donors (Lipinski definition) is 1. The van der Waals surface area contributed by atoms with Crippen molar-refractivity contribution in [2.24, 2.45) is 5.73 Å². The highest BCUT2D eigenvalue weighted by Crippen LogP contribution is 2.27. The summed E-state index contributed by atoms with van der Waals surface area (Å²) in [4.78, 5) is 0. The van der Waals surface area contributed by atoms with E-state index in [2.05, 4.69) is 0 Å². The summed E-state index contributed by atoms with van der Waals surface area (Å²) in [6.07, 6.45) is 0.709. The van der Waals surface area contributed by atoms with Gasteiger partial charge in [-0.15, -0.1) is 0 Å². The van der Waals surface area contributed by atoms with E-state index in [1.54, 1.807) is 0 Å². The van der Waals surface area contributed by atoms with Crippen LogP contribution in [-0.2, 0) is 16.6 Å². The van der Waals surface area contributed by atoms with Crippen molar-refractivity contribution < 1.29 is 4.21 Å². The smallest absolute Gasteiger partial charge is 0.0612 e. The molecule has 0 aromatic heterocycles. The van der Waals surface area contributed by atoms with Gasteiger partial charge in [0.1, 0.15) is 0 Å². The Balaban J connectivity index is 2.18. The van der Waals surface area contributed by atoms with Crippen molar-refractivity contribution in [3.05, 3.63) is 70.7 Å². The highest BCUT2D eigenvalue weighted by atomic mass is 35.5. The minimum absolute atomic E-state index is 0.0440. The van der Waals surface area contributed by atoms with E-state index in [-0.39, 0.29) is 5.25 Å². The molecule has 0 saturated carbocycles. The lowest BCUT2D eigenvalue weighted by Crippen LogP contribution is -2.14. The van der Waals surface area contributed by atoms with E-state index >= 15 is 0 Å². The van der Waals surface area contributed by atoms with E-state index < -0.39 is 10.8 Å². The predicted molar refractivity (Wildman–Crippen MR) is 86.2 cm³/mol. The summed E-state index contributed by atoms with van der Waals surface area (Å²) in [6, 6.07) is 17.4. The molecule has 0 aliphatic rings. The standard InChI is InChI=1S/C16H18ClNOS/c17-15-9-5-4-8-14(15)12-20(19)16(10-11-18)13-6-2-1-3-7-13/h1-9,16H,10-12,18H2. The minimum atomic E-state index is -1.03. The van der Waals surface area contributed by atoms with Gasteiger partial charge in [-0.3, -0.25) is 4.21 Å². The Labute approximate surface area is 127 Å². The van der Waals surface area contributed by atoms with Gasteiger partial charge in [0.2, 0.25) is 0 Å². The summed E-state index contributed by atoms with van der Waals surface area (Å²) < 4.78 is 12.7. The molecule has 4 heteroatoms. The van der Waals surface area contributed by atoms with E-state index in [1.165, 1.54) is 0 Å². The van der Waals surface area contributed by atoms with Crippen molar-refractivity contribution in [2.75, 3.05) is 6.54 Å². The Hall–Kier alpha value is -1.16. The van der Waals surface area contributed by atoms with Gasteiger partial charge in [0, 0.05) is 15.8 Å². The first-order valence-electron chi connectivity index (χ1n) is 6.58. The summed E-state index contributed by atoms with van der Waals surface area (Å²) in [7, 11) is -1.03. The minimum Gasteiger partial charge on any atom is -0.330 e. The lowest BCUT2D eigenvalue weighted by atomic mass is 10.1. The summed E-state index contributed by atoms with van der Waals surface area (Å²) >= 11 is 6.14. The number of nitrogens with two attached hydrogens (primary N) is 1. The maximum absolute atomic E-state index is 12.7. The maximum atomic E-state index is 12.7. The van der Waals surface area contributed by atoms with E-state index in [0.717, 1.165) is 11.1 Å². The van der Waals surface area contributed by atoms with Crippen LogP contribution in [-0.4, -0.2) is 10.8 Å². The van der Waals surface area contributed by atoms with Crippen molar-refractivity contribution in [1.29, 1.82) is 0 Å². The number of rotatable bonds is 6. The summed E-state index contributed by atoms with van der Waals surface area (Å²) in [6.45, 7) is 0.522. The molecule has 106 valence electrons. The van der Waals surface area contributed by atoms with Crippen molar-refractivity contribution in [2.45, 2.75) is 17.4 Å². The molecule has 0 saturated heterocycles. The van der Waals surface area contributed by atoms with Gasteiger partial charge in [0.05, 0.1) is 11.0 Å². The van der Waals surface area contributed by atoms with E-state index in [4.69, 9.17) is 17.3 Å². The molecule has 0 aliphatic heterocycles. The molecule has 2 atom stereocenters. The van der Waals surface area contributed by atoms with Crippen LogP contribution in [0.1, 0.15) is 22.8 Å².